The number of aromatic nitrogens is 1. The lowest BCUT2D eigenvalue weighted by molar-refractivity contribution is -0.146. The van der Waals surface area contributed by atoms with Crippen LogP contribution in [0.1, 0.15) is 12.0 Å². The lowest BCUT2D eigenvalue weighted by atomic mass is 10.3. The number of esters is 1. The molecule has 0 bridgehead atoms. The van der Waals surface area contributed by atoms with Crippen molar-refractivity contribution in [3.05, 3.63) is 54.2 Å². The van der Waals surface area contributed by atoms with Gasteiger partial charge in [-0.15, -0.1) is 0 Å². The van der Waals surface area contributed by atoms with E-state index in [1.54, 1.807) is 30.3 Å². The lowest BCUT2D eigenvalue weighted by Crippen LogP contribution is -2.28. The second-order valence-corrected chi connectivity index (χ2v) is 4.64. The van der Waals surface area contributed by atoms with Gasteiger partial charge in [-0.05, 0) is 18.2 Å². The zero-order valence-corrected chi connectivity index (χ0v) is 12.6. The van der Waals surface area contributed by atoms with E-state index < -0.39 is 24.0 Å². The Morgan fingerprint density at radius 2 is 1.83 bits per heavy atom. The van der Waals surface area contributed by atoms with Crippen LogP contribution in [-0.2, 0) is 15.7 Å². The first kappa shape index (κ1) is 17.6. The van der Waals surface area contributed by atoms with Gasteiger partial charge in [-0.2, -0.15) is 13.2 Å². The Kier molecular flexibility index (Phi) is 5.62. The number of hydrogen-bond acceptors (Lipinski definition) is 5. The molecule has 0 fully saturated rings. The van der Waals surface area contributed by atoms with Crippen LogP contribution in [0, 0.1) is 0 Å². The summed E-state index contributed by atoms with van der Waals surface area (Å²) in [5.41, 5.74) is -0.900. The lowest BCUT2D eigenvalue weighted by Gasteiger charge is -2.19. The number of methoxy groups -OCH3 is 1. The number of carbonyl (C=O) groups is 1. The Morgan fingerprint density at radius 3 is 2.38 bits per heavy atom. The van der Waals surface area contributed by atoms with Crippen molar-refractivity contribution in [3.63, 3.8) is 0 Å². The maximum atomic E-state index is 12.5. The number of rotatable bonds is 6. The molecule has 24 heavy (non-hydrogen) atoms. The molecule has 0 aliphatic heterocycles. The Morgan fingerprint density at radius 1 is 1.12 bits per heavy atom. The van der Waals surface area contributed by atoms with Gasteiger partial charge in [0.2, 0.25) is 5.88 Å². The van der Waals surface area contributed by atoms with Gasteiger partial charge in [0.1, 0.15) is 12.2 Å². The van der Waals surface area contributed by atoms with Crippen LogP contribution < -0.4 is 9.47 Å². The molecule has 1 unspecified atom stereocenters. The first-order valence-corrected chi connectivity index (χ1v) is 6.87. The van der Waals surface area contributed by atoms with Crippen molar-refractivity contribution in [2.24, 2.45) is 0 Å². The minimum Gasteiger partial charge on any atom is -0.469 e. The van der Waals surface area contributed by atoms with Gasteiger partial charge in [-0.3, -0.25) is 4.79 Å². The number of alkyl halides is 3. The molecule has 0 saturated carbocycles. The molecule has 2 rings (SSSR count). The second kappa shape index (κ2) is 7.67. The summed E-state index contributed by atoms with van der Waals surface area (Å²) in [5, 5.41) is 0. The number of pyridine rings is 1. The molecule has 0 aliphatic carbocycles. The zero-order valence-electron chi connectivity index (χ0n) is 12.6. The van der Waals surface area contributed by atoms with E-state index in [1.165, 1.54) is 7.11 Å². The molecule has 0 amide bonds. The molecule has 1 atom stereocenters. The molecule has 0 saturated heterocycles. The predicted molar refractivity (Wildman–Crippen MR) is 77.4 cm³/mol. The van der Waals surface area contributed by atoms with Gasteiger partial charge in [0.05, 0.1) is 12.7 Å². The number of nitrogens with zero attached hydrogens (tertiary/aromatic N) is 1. The van der Waals surface area contributed by atoms with E-state index in [9.17, 15) is 18.0 Å². The molecule has 0 aliphatic rings. The van der Waals surface area contributed by atoms with Crippen LogP contribution in [-0.4, -0.2) is 24.4 Å². The van der Waals surface area contributed by atoms with Crippen molar-refractivity contribution in [2.75, 3.05) is 7.11 Å². The Labute approximate surface area is 136 Å². The third kappa shape index (κ3) is 5.15. The molecular formula is C16H14F3NO4. The standard InChI is InChI=1S/C16H14F3NO4/c1-22-14(21)9-15(23-12-5-3-2-4-6-12)24-13-8-7-11(10-20-13)16(17,18)19/h2-8,10,15H,9H2,1H3. The van der Waals surface area contributed by atoms with E-state index in [0.717, 1.165) is 12.1 Å². The topological polar surface area (TPSA) is 57.7 Å². The maximum Gasteiger partial charge on any atom is 0.417 e. The summed E-state index contributed by atoms with van der Waals surface area (Å²) in [5.74, 6) is -0.269. The summed E-state index contributed by atoms with van der Waals surface area (Å²) in [4.78, 5) is 15.0. The summed E-state index contributed by atoms with van der Waals surface area (Å²) in [6.45, 7) is 0. The smallest absolute Gasteiger partial charge is 0.417 e. The summed E-state index contributed by atoms with van der Waals surface area (Å²) < 4.78 is 53.0. The molecule has 2 aromatic rings. The Balaban J connectivity index is 2.10. The third-order valence-electron chi connectivity index (χ3n) is 2.89. The van der Waals surface area contributed by atoms with Gasteiger partial charge < -0.3 is 14.2 Å². The fourth-order valence-electron chi connectivity index (χ4n) is 1.73. The first-order chi connectivity index (χ1) is 11.4. The number of halogens is 3. The van der Waals surface area contributed by atoms with E-state index in [0.29, 0.717) is 11.9 Å². The highest BCUT2D eigenvalue weighted by Crippen LogP contribution is 2.29. The largest absolute Gasteiger partial charge is 0.469 e. The van der Waals surface area contributed by atoms with Crippen LogP contribution >= 0.6 is 0 Å². The van der Waals surface area contributed by atoms with Crippen LogP contribution in [0.15, 0.2) is 48.7 Å². The fourth-order valence-corrected chi connectivity index (χ4v) is 1.73. The van der Waals surface area contributed by atoms with Gasteiger partial charge >= 0.3 is 12.1 Å². The van der Waals surface area contributed by atoms with E-state index in [1.807, 2.05) is 0 Å². The highest BCUT2D eigenvalue weighted by atomic mass is 19.4. The van der Waals surface area contributed by atoms with Crippen molar-refractivity contribution in [2.45, 2.75) is 18.9 Å². The van der Waals surface area contributed by atoms with Crippen LogP contribution in [0.3, 0.4) is 0 Å². The van der Waals surface area contributed by atoms with Gasteiger partial charge in [0, 0.05) is 12.3 Å². The molecule has 1 heterocycles. The maximum absolute atomic E-state index is 12.5. The number of benzene rings is 1. The molecule has 5 nitrogen and oxygen atoms in total. The molecule has 1 aromatic heterocycles. The van der Waals surface area contributed by atoms with E-state index >= 15 is 0 Å². The monoisotopic (exact) mass is 341 g/mol. The molecule has 0 N–H and O–H groups in total. The number of para-hydroxylation sites is 1. The molecule has 128 valence electrons. The molecular weight excluding hydrogens is 327 g/mol. The van der Waals surface area contributed by atoms with Gasteiger partial charge in [0.25, 0.3) is 6.29 Å². The minimum atomic E-state index is -4.49. The molecule has 1 aromatic carbocycles. The van der Waals surface area contributed by atoms with Crippen molar-refractivity contribution in [1.82, 2.24) is 4.98 Å². The van der Waals surface area contributed by atoms with Crippen molar-refractivity contribution in [3.8, 4) is 11.6 Å². The summed E-state index contributed by atoms with van der Waals surface area (Å²) in [7, 11) is 1.21. The summed E-state index contributed by atoms with van der Waals surface area (Å²) in [6.07, 6.45) is -5.19. The average Bonchev–Trinajstić information content (AvgIpc) is 2.55. The SMILES string of the molecule is COC(=O)CC(Oc1ccccc1)Oc1ccc(C(F)(F)F)cn1. The molecule has 0 spiro atoms. The van der Waals surface area contributed by atoms with Gasteiger partial charge in [-0.1, -0.05) is 18.2 Å². The Hall–Kier alpha value is -2.77. The summed E-state index contributed by atoms with van der Waals surface area (Å²) in [6, 6.07) is 10.4. The van der Waals surface area contributed by atoms with E-state index in [4.69, 9.17) is 9.47 Å². The van der Waals surface area contributed by atoms with Crippen molar-refractivity contribution in [1.29, 1.82) is 0 Å². The van der Waals surface area contributed by atoms with Gasteiger partial charge in [0.15, 0.2) is 0 Å². The average molecular weight is 341 g/mol. The van der Waals surface area contributed by atoms with Crippen molar-refractivity contribution >= 4 is 5.97 Å². The molecule has 0 radical (unpaired) electrons. The highest BCUT2D eigenvalue weighted by molar-refractivity contribution is 5.69. The molecule has 8 heteroatoms. The minimum absolute atomic E-state index is 0.104. The number of carbonyl (C=O) groups excluding carboxylic acids is 1. The Bertz CT molecular complexity index is 659. The predicted octanol–water partition coefficient (Wildman–Crippen LogP) is 3.45. The van der Waals surface area contributed by atoms with Crippen molar-refractivity contribution < 1.29 is 32.2 Å². The number of ether oxygens (including phenoxy) is 3. The fraction of sp³-hybridized carbons (Fsp3) is 0.250. The van der Waals surface area contributed by atoms with Crippen LogP contribution in [0.5, 0.6) is 11.6 Å². The van der Waals surface area contributed by atoms with E-state index in [-0.39, 0.29) is 12.3 Å². The normalized spacial score (nSPS) is 12.3. The third-order valence-corrected chi connectivity index (χ3v) is 2.89. The second-order valence-electron chi connectivity index (χ2n) is 4.64. The van der Waals surface area contributed by atoms with E-state index in [2.05, 4.69) is 9.72 Å². The summed E-state index contributed by atoms with van der Waals surface area (Å²) >= 11 is 0. The quantitative estimate of drug-likeness (QED) is 0.595. The van der Waals surface area contributed by atoms with Crippen LogP contribution in [0.2, 0.25) is 0 Å². The highest BCUT2D eigenvalue weighted by Gasteiger charge is 2.31. The first-order valence-electron chi connectivity index (χ1n) is 6.87. The van der Waals surface area contributed by atoms with Crippen LogP contribution in [0.4, 0.5) is 13.2 Å². The zero-order chi connectivity index (χ0) is 17.6. The van der Waals surface area contributed by atoms with Gasteiger partial charge in [-0.25, -0.2) is 4.98 Å². The van der Waals surface area contributed by atoms with Crippen LogP contribution in [0.25, 0.3) is 0 Å². The number of hydrogen-bond donors (Lipinski definition) is 0.